The van der Waals surface area contributed by atoms with Crippen LogP contribution in [-0.4, -0.2) is 14.5 Å². The third-order valence-electron chi connectivity index (χ3n) is 2.46. The van der Waals surface area contributed by atoms with Crippen molar-refractivity contribution in [3.63, 3.8) is 0 Å². The summed E-state index contributed by atoms with van der Waals surface area (Å²) >= 11 is 0. The third kappa shape index (κ3) is 1.93. The second kappa shape index (κ2) is 3.88. The molecular formula is C11H16N4. The van der Waals surface area contributed by atoms with Crippen LogP contribution in [0, 0.1) is 0 Å². The maximum absolute atomic E-state index is 5.88. The van der Waals surface area contributed by atoms with E-state index >= 15 is 0 Å². The summed E-state index contributed by atoms with van der Waals surface area (Å²) in [5.74, 6) is 1.44. The van der Waals surface area contributed by atoms with Crippen LogP contribution in [0.1, 0.15) is 25.6 Å². The van der Waals surface area contributed by atoms with Gasteiger partial charge in [0.25, 0.3) is 0 Å². The average molecular weight is 204 g/mol. The summed E-state index contributed by atoms with van der Waals surface area (Å²) in [5, 5.41) is 0.942. The monoisotopic (exact) mass is 204 g/mol. The molecule has 2 aromatic rings. The third-order valence-corrected chi connectivity index (χ3v) is 2.46. The number of aromatic nitrogens is 3. The summed E-state index contributed by atoms with van der Waals surface area (Å²) in [6, 6.07) is 0. The quantitative estimate of drug-likeness (QED) is 0.830. The zero-order valence-corrected chi connectivity index (χ0v) is 9.20. The molecule has 2 heterocycles. The molecule has 0 fully saturated rings. The molecular weight excluding hydrogens is 188 g/mol. The van der Waals surface area contributed by atoms with Gasteiger partial charge in [-0.3, -0.25) is 0 Å². The minimum atomic E-state index is 0.590. The van der Waals surface area contributed by atoms with Gasteiger partial charge in [-0.15, -0.1) is 0 Å². The van der Waals surface area contributed by atoms with Crippen molar-refractivity contribution in [3.05, 3.63) is 18.2 Å². The predicted octanol–water partition coefficient (Wildman–Crippen LogP) is 1.89. The first-order chi connectivity index (χ1) is 7.20. The van der Waals surface area contributed by atoms with Crippen molar-refractivity contribution in [2.45, 2.75) is 26.2 Å². The zero-order chi connectivity index (χ0) is 10.8. The van der Waals surface area contributed by atoms with Gasteiger partial charge in [0.15, 0.2) is 0 Å². The fourth-order valence-corrected chi connectivity index (χ4v) is 1.67. The first-order valence-corrected chi connectivity index (χ1v) is 5.28. The van der Waals surface area contributed by atoms with E-state index in [-0.39, 0.29) is 0 Å². The number of rotatable bonds is 3. The summed E-state index contributed by atoms with van der Waals surface area (Å²) in [5.41, 5.74) is 6.82. The van der Waals surface area contributed by atoms with Gasteiger partial charge in [-0.2, -0.15) is 0 Å². The van der Waals surface area contributed by atoms with Gasteiger partial charge in [-0.1, -0.05) is 13.3 Å². The van der Waals surface area contributed by atoms with E-state index < -0.39 is 0 Å². The van der Waals surface area contributed by atoms with Gasteiger partial charge in [0.2, 0.25) is 0 Å². The fourth-order valence-electron chi connectivity index (χ4n) is 1.67. The molecule has 15 heavy (non-hydrogen) atoms. The molecule has 0 unspecified atom stereocenters. The highest BCUT2D eigenvalue weighted by atomic mass is 15.0. The van der Waals surface area contributed by atoms with Gasteiger partial charge >= 0.3 is 0 Å². The minimum Gasteiger partial charge on any atom is -0.383 e. The molecule has 0 spiro atoms. The van der Waals surface area contributed by atoms with Crippen molar-refractivity contribution in [2.75, 3.05) is 5.73 Å². The van der Waals surface area contributed by atoms with Crippen molar-refractivity contribution >= 4 is 16.7 Å². The van der Waals surface area contributed by atoms with Gasteiger partial charge < -0.3 is 10.3 Å². The molecule has 0 radical (unpaired) electrons. The van der Waals surface area contributed by atoms with Crippen LogP contribution in [0.3, 0.4) is 0 Å². The number of unbranched alkanes of at least 4 members (excludes halogenated alkanes) is 1. The Morgan fingerprint density at radius 2 is 2.13 bits per heavy atom. The van der Waals surface area contributed by atoms with Gasteiger partial charge in [0.05, 0.1) is 10.9 Å². The lowest BCUT2D eigenvalue weighted by molar-refractivity contribution is 0.758. The van der Waals surface area contributed by atoms with E-state index in [1.54, 1.807) is 0 Å². The molecule has 80 valence electrons. The van der Waals surface area contributed by atoms with Crippen LogP contribution >= 0.6 is 0 Å². The molecule has 0 aliphatic rings. The number of anilines is 1. The summed E-state index contributed by atoms with van der Waals surface area (Å²) in [6.07, 6.45) is 7.09. The second-order valence-corrected chi connectivity index (χ2v) is 3.85. The summed E-state index contributed by atoms with van der Waals surface area (Å²) in [6.45, 7) is 2.16. The SMILES string of the molecule is CCCCc1nc(N)c2cn(C)cc2n1. The second-order valence-electron chi connectivity index (χ2n) is 3.85. The van der Waals surface area contributed by atoms with Gasteiger partial charge in [-0.25, -0.2) is 9.97 Å². The van der Waals surface area contributed by atoms with Crippen LogP contribution < -0.4 is 5.73 Å². The Labute approximate surface area is 89.1 Å². The maximum atomic E-state index is 5.88. The summed E-state index contributed by atoms with van der Waals surface area (Å²) in [4.78, 5) is 8.79. The highest BCUT2D eigenvalue weighted by Gasteiger charge is 2.06. The molecule has 0 saturated heterocycles. The molecule has 2 aromatic heterocycles. The topological polar surface area (TPSA) is 56.7 Å². The number of nitrogen functional groups attached to an aromatic ring is 1. The van der Waals surface area contributed by atoms with Crippen LogP contribution in [0.15, 0.2) is 12.4 Å². The van der Waals surface area contributed by atoms with Crippen molar-refractivity contribution in [1.29, 1.82) is 0 Å². The van der Waals surface area contributed by atoms with E-state index in [0.29, 0.717) is 5.82 Å². The molecule has 2 rings (SSSR count). The molecule has 0 atom stereocenters. The summed E-state index contributed by atoms with van der Waals surface area (Å²) < 4.78 is 1.96. The van der Waals surface area contributed by atoms with E-state index in [0.717, 1.165) is 36.0 Å². The van der Waals surface area contributed by atoms with Crippen molar-refractivity contribution in [2.24, 2.45) is 7.05 Å². The lowest BCUT2D eigenvalue weighted by atomic mass is 10.2. The van der Waals surface area contributed by atoms with Crippen LogP contribution in [0.25, 0.3) is 10.9 Å². The fraction of sp³-hybridized carbons (Fsp3) is 0.455. The average Bonchev–Trinajstić information content (AvgIpc) is 2.56. The van der Waals surface area contributed by atoms with Gasteiger partial charge in [-0.05, 0) is 6.42 Å². The van der Waals surface area contributed by atoms with Gasteiger partial charge in [0.1, 0.15) is 11.6 Å². The minimum absolute atomic E-state index is 0.590. The van der Waals surface area contributed by atoms with Crippen molar-refractivity contribution < 1.29 is 0 Å². The zero-order valence-electron chi connectivity index (χ0n) is 9.20. The molecule has 0 aliphatic heterocycles. The Hall–Kier alpha value is -1.58. The Kier molecular flexibility index (Phi) is 2.58. The highest BCUT2D eigenvalue weighted by molar-refractivity contribution is 5.87. The van der Waals surface area contributed by atoms with E-state index in [2.05, 4.69) is 16.9 Å². The molecule has 4 nitrogen and oxygen atoms in total. The standard InChI is InChI=1S/C11H16N4/c1-3-4-5-10-13-9-7-15(2)6-8(9)11(12)14-10/h6-7H,3-5H2,1-2H3,(H2,12,13,14). The lowest BCUT2D eigenvalue weighted by Crippen LogP contribution is -1.99. The molecule has 0 aliphatic carbocycles. The highest BCUT2D eigenvalue weighted by Crippen LogP contribution is 2.18. The molecule has 0 bridgehead atoms. The molecule has 2 N–H and O–H groups in total. The number of nitrogens with two attached hydrogens (primary N) is 1. The predicted molar refractivity (Wildman–Crippen MR) is 61.5 cm³/mol. The number of aryl methyl sites for hydroxylation is 2. The Morgan fingerprint density at radius 3 is 2.87 bits per heavy atom. The van der Waals surface area contributed by atoms with Crippen molar-refractivity contribution in [1.82, 2.24) is 14.5 Å². The van der Waals surface area contributed by atoms with Crippen LogP contribution in [0.4, 0.5) is 5.82 Å². The van der Waals surface area contributed by atoms with E-state index in [4.69, 9.17) is 5.73 Å². The number of hydrogen-bond donors (Lipinski definition) is 1. The van der Waals surface area contributed by atoms with E-state index in [9.17, 15) is 0 Å². The van der Waals surface area contributed by atoms with E-state index in [1.165, 1.54) is 0 Å². The lowest BCUT2D eigenvalue weighted by Gasteiger charge is -2.00. The van der Waals surface area contributed by atoms with Crippen LogP contribution in [0.2, 0.25) is 0 Å². The Bertz CT molecular complexity index is 473. The largest absolute Gasteiger partial charge is 0.383 e. The Balaban J connectivity index is 2.42. The smallest absolute Gasteiger partial charge is 0.136 e. The number of nitrogens with zero attached hydrogens (tertiary/aromatic N) is 3. The first kappa shape index (κ1) is 9.96. The first-order valence-electron chi connectivity index (χ1n) is 5.28. The van der Waals surface area contributed by atoms with Gasteiger partial charge in [0, 0.05) is 25.9 Å². The molecule has 4 heteroatoms. The van der Waals surface area contributed by atoms with Crippen LogP contribution in [-0.2, 0) is 13.5 Å². The van der Waals surface area contributed by atoms with E-state index in [1.807, 2.05) is 24.0 Å². The maximum Gasteiger partial charge on any atom is 0.136 e. The van der Waals surface area contributed by atoms with Crippen LogP contribution in [0.5, 0.6) is 0 Å². The summed E-state index contributed by atoms with van der Waals surface area (Å²) in [7, 11) is 1.97. The molecule has 0 amide bonds. The normalized spacial score (nSPS) is 11.1. The van der Waals surface area contributed by atoms with Crippen molar-refractivity contribution in [3.8, 4) is 0 Å². The number of fused-ring (bicyclic) bond motifs is 1. The molecule has 0 saturated carbocycles. The number of hydrogen-bond acceptors (Lipinski definition) is 3. The Morgan fingerprint density at radius 1 is 1.33 bits per heavy atom. The molecule has 0 aromatic carbocycles.